The first kappa shape index (κ1) is 12.9. The van der Waals surface area contributed by atoms with Crippen molar-refractivity contribution in [3.8, 4) is 0 Å². The molecule has 15 heavy (non-hydrogen) atoms. The Kier molecular flexibility index (Phi) is 6.17. The van der Waals surface area contributed by atoms with Crippen molar-refractivity contribution < 1.29 is 9.84 Å². The summed E-state index contributed by atoms with van der Waals surface area (Å²) in [5.74, 6) is 0. The molecule has 0 saturated carbocycles. The van der Waals surface area contributed by atoms with Crippen molar-refractivity contribution >= 4 is 0 Å². The van der Waals surface area contributed by atoms with E-state index in [0.29, 0.717) is 12.6 Å². The highest BCUT2D eigenvalue weighted by molar-refractivity contribution is 4.74. The third kappa shape index (κ3) is 4.93. The fourth-order valence-electron chi connectivity index (χ4n) is 1.82. The standard InChI is InChI=1S/C11H24N2O2/c1-10(2)12-4-3-5-13-6-7-15-9-11(13)8-14/h10-12,14H,3-9H2,1-2H3. The SMILES string of the molecule is CC(C)NCCCN1CCOCC1CO. The van der Waals surface area contributed by atoms with Gasteiger partial charge in [0.05, 0.1) is 25.9 Å². The average molecular weight is 216 g/mol. The third-order valence-corrected chi connectivity index (χ3v) is 2.73. The summed E-state index contributed by atoms with van der Waals surface area (Å²) in [6, 6.07) is 0.765. The molecule has 0 radical (unpaired) electrons. The maximum absolute atomic E-state index is 9.17. The number of rotatable bonds is 6. The number of nitrogens with one attached hydrogen (secondary N) is 1. The van der Waals surface area contributed by atoms with Gasteiger partial charge in [0.15, 0.2) is 0 Å². The number of nitrogens with zero attached hydrogens (tertiary/aromatic N) is 1. The highest BCUT2D eigenvalue weighted by Gasteiger charge is 2.21. The van der Waals surface area contributed by atoms with Gasteiger partial charge >= 0.3 is 0 Å². The number of aliphatic hydroxyl groups is 1. The highest BCUT2D eigenvalue weighted by Crippen LogP contribution is 2.06. The topological polar surface area (TPSA) is 44.7 Å². The summed E-state index contributed by atoms with van der Waals surface area (Å²) in [6.45, 7) is 9.05. The molecule has 0 aromatic rings. The summed E-state index contributed by atoms with van der Waals surface area (Å²) >= 11 is 0. The van der Waals surface area contributed by atoms with Crippen LogP contribution >= 0.6 is 0 Å². The Hall–Kier alpha value is -0.160. The van der Waals surface area contributed by atoms with Crippen molar-refractivity contribution in [1.82, 2.24) is 10.2 Å². The van der Waals surface area contributed by atoms with Gasteiger partial charge in [-0.25, -0.2) is 0 Å². The third-order valence-electron chi connectivity index (χ3n) is 2.73. The first-order valence-electron chi connectivity index (χ1n) is 5.90. The number of morpholine rings is 1. The molecule has 2 N–H and O–H groups in total. The molecule has 1 saturated heterocycles. The molecule has 4 heteroatoms. The largest absolute Gasteiger partial charge is 0.395 e. The molecular formula is C11H24N2O2. The second-order valence-corrected chi connectivity index (χ2v) is 4.41. The Morgan fingerprint density at radius 3 is 3.00 bits per heavy atom. The lowest BCUT2D eigenvalue weighted by atomic mass is 10.2. The predicted molar refractivity (Wildman–Crippen MR) is 61.0 cm³/mol. The van der Waals surface area contributed by atoms with Crippen LogP contribution in [-0.2, 0) is 4.74 Å². The molecule has 0 aromatic heterocycles. The normalized spacial score (nSPS) is 23.6. The predicted octanol–water partition coefficient (Wildman–Crippen LogP) is 0.0676. The minimum atomic E-state index is 0.206. The van der Waals surface area contributed by atoms with Crippen LogP contribution in [0.25, 0.3) is 0 Å². The number of aliphatic hydroxyl groups excluding tert-OH is 1. The van der Waals surface area contributed by atoms with Crippen LogP contribution in [0.2, 0.25) is 0 Å². The molecule has 1 aliphatic rings. The van der Waals surface area contributed by atoms with Gasteiger partial charge in [-0.2, -0.15) is 0 Å². The zero-order valence-corrected chi connectivity index (χ0v) is 9.91. The van der Waals surface area contributed by atoms with E-state index >= 15 is 0 Å². The van der Waals surface area contributed by atoms with E-state index < -0.39 is 0 Å². The number of hydrogen-bond acceptors (Lipinski definition) is 4. The van der Waals surface area contributed by atoms with Gasteiger partial charge in [0.1, 0.15) is 0 Å². The second kappa shape index (κ2) is 7.17. The summed E-state index contributed by atoms with van der Waals surface area (Å²) in [5, 5.41) is 12.6. The Balaban J connectivity index is 2.12. The van der Waals surface area contributed by atoms with Gasteiger partial charge in [-0.3, -0.25) is 4.90 Å². The van der Waals surface area contributed by atoms with Crippen molar-refractivity contribution in [3.63, 3.8) is 0 Å². The van der Waals surface area contributed by atoms with Gasteiger partial charge in [-0.05, 0) is 19.5 Å². The van der Waals surface area contributed by atoms with Crippen LogP contribution in [0.5, 0.6) is 0 Å². The highest BCUT2D eigenvalue weighted by atomic mass is 16.5. The number of hydrogen-bond donors (Lipinski definition) is 2. The summed E-state index contributed by atoms with van der Waals surface area (Å²) in [7, 11) is 0. The molecule has 1 heterocycles. The van der Waals surface area contributed by atoms with Crippen molar-refractivity contribution in [2.75, 3.05) is 39.5 Å². The molecule has 0 aliphatic carbocycles. The van der Waals surface area contributed by atoms with E-state index in [4.69, 9.17) is 9.84 Å². The van der Waals surface area contributed by atoms with Crippen molar-refractivity contribution in [2.24, 2.45) is 0 Å². The molecule has 1 fully saturated rings. The first-order valence-corrected chi connectivity index (χ1v) is 5.90. The van der Waals surface area contributed by atoms with Gasteiger partial charge in [0, 0.05) is 12.6 Å². The van der Waals surface area contributed by atoms with E-state index in [0.717, 1.165) is 32.7 Å². The Labute approximate surface area is 92.6 Å². The average Bonchev–Trinajstić information content (AvgIpc) is 2.24. The van der Waals surface area contributed by atoms with Gasteiger partial charge in [-0.15, -0.1) is 0 Å². The molecular weight excluding hydrogens is 192 g/mol. The zero-order chi connectivity index (χ0) is 11.1. The summed E-state index contributed by atoms with van der Waals surface area (Å²) in [4.78, 5) is 2.32. The molecule has 0 amide bonds. The van der Waals surface area contributed by atoms with Crippen LogP contribution in [-0.4, -0.2) is 61.5 Å². The van der Waals surface area contributed by atoms with Crippen molar-refractivity contribution in [2.45, 2.75) is 32.4 Å². The van der Waals surface area contributed by atoms with E-state index in [9.17, 15) is 0 Å². The Morgan fingerprint density at radius 2 is 2.33 bits per heavy atom. The lowest BCUT2D eigenvalue weighted by Gasteiger charge is -2.34. The maximum atomic E-state index is 9.17. The van der Waals surface area contributed by atoms with Gasteiger partial charge < -0.3 is 15.2 Å². The smallest absolute Gasteiger partial charge is 0.0644 e. The molecule has 1 unspecified atom stereocenters. The summed E-state index contributed by atoms with van der Waals surface area (Å²) < 4.78 is 5.33. The van der Waals surface area contributed by atoms with Crippen LogP contribution in [0, 0.1) is 0 Å². The van der Waals surface area contributed by atoms with Gasteiger partial charge in [-0.1, -0.05) is 13.8 Å². The van der Waals surface area contributed by atoms with Crippen LogP contribution in [0.15, 0.2) is 0 Å². The monoisotopic (exact) mass is 216 g/mol. The molecule has 1 atom stereocenters. The van der Waals surface area contributed by atoms with Crippen LogP contribution in [0.3, 0.4) is 0 Å². The van der Waals surface area contributed by atoms with Gasteiger partial charge in [0.25, 0.3) is 0 Å². The van der Waals surface area contributed by atoms with E-state index in [1.807, 2.05) is 0 Å². The van der Waals surface area contributed by atoms with Crippen LogP contribution in [0.4, 0.5) is 0 Å². The quantitative estimate of drug-likeness (QED) is 0.617. The lowest BCUT2D eigenvalue weighted by molar-refractivity contribution is -0.0275. The van der Waals surface area contributed by atoms with Crippen LogP contribution < -0.4 is 5.32 Å². The van der Waals surface area contributed by atoms with Crippen molar-refractivity contribution in [1.29, 1.82) is 0 Å². The minimum Gasteiger partial charge on any atom is -0.395 e. The van der Waals surface area contributed by atoms with E-state index in [1.165, 1.54) is 0 Å². The molecule has 1 aliphatic heterocycles. The fourth-order valence-corrected chi connectivity index (χ4v) is 1.82. The van der Waals surface area contributed by atoms with E-state index in [2.05, 4.69) is 24.1 Å². The first-order chi connectivity index (χ1) is 7.24. The minimum absolute atomic E-state index is 0.206. The van der Waals surface area contributed by atoms with Crippen LogP contribution in [0.1, 0.15) is 20.3 Å². The molecule has 4 nitrogen and oxygen atoms in total. The number of ether oxygens (including phenoxy) is 1. The second-order valence-electron chi connectivity index (χ2n) is 4.41. The molecule has 0 bridgehead atoms. The molecule has 90 valence electrons. The summed E-state index contributed by atoms with van der Waals surface area (Å²) in [6.07, 6.45) is 1.13. The molecule has 1 rings (SSSR count). The Bertz CT molecular complexity index is 165. The Morgan fingerprint density at radius 1 is 1.53 bits per heavy atom. The van der Waals surface area contributed by atoms with E-state index in [-0.39, 0.29) is 12.6 Å². The maximum Gasteiger partial charge on any atom is 0.0644 e. The zero-order valence-electron chi connectivity index (χ0n) is 9.91. The van der Waals surface area contributed by atoms with Gasteiger partial charge in [0.2, 0.25) is 0 Å². The molecule has 0 aromatic carbocycles. The lowest BCUT2D eigenvalue weighted by Crippen LogP contribution is -2.48. The molecule has 0 spiro atoms. The summed E-state index contributed by atoms with van der Waals surface area (Å²) in [5.41, 5.74) is 0. The van der Waals surface area contributed by atoms with Crippen molar-refractivity contribution in [3.05, 3.63) is 0 Å². The fraction of sp³-hybridized carbons (Fsp3) is 1.00. The van der Waals surface area contributed by atoms with E-state index in [1.54, 1.807) is 0 Å².